The van der Waals surface area contributed by atoms with E-state index in [1.807, 2.05) is 6.92 Å². The van der Waals surface area contributed by atoms with Crippen LogP contribution in [0, 0.1) is 0 Å². The predicted molar refractivity (Wildman–Crippen MR) is 83.6 cm³/mol. The summed E-state index contributed by atoms with van der Waals surface area (Å²) in [4.78, 5) is 22.8. The molecule has 0 aliphatic carbocycles. The average Bonchev–Trinajstić information content (AvgIpc) is 3.03. The molecule has 0 fully saturated rings. The van der Waals surface area contributed by atoms with E-state index in [2.05, 4.69) is 15.4 Å². The first-order valence-corrected chi connectivity index (χ1v) is 7.33. The number of amides is 1. The zero-order valence-corrected chi connectivity index (χ0v) is 13.4. The maximum Gasteiger partial charge on any atom is 0.361 e. The number of ether oxygens (including phenoxy) is 3. The fourth-order valence-electron chi connectivity index (χ4n) is 1.97. The molecule has 0 atom stereocenters. The third kappa shape index (κ3) is 4.00. The van der Waals surface area contributed by atoms with Gasteiger partial charge in [0.05, 0.1) is 13.2 Å². The number of nitrogens with two attached hydrogens (primary N) is 1. The molecule has 9 heteroatoms. The third-order valence-electron chi connectivity index (χ3n) is 2.90. The van der Waals surface area contributed by atoms with E-state index in [4.69, 9.17) is 19.9 Å². The number of primary amides is 1. The smallest absolute Gasteiger partial charge is 0.361 e. The Bertz CT molecular complexity index is 728. The average molecular weight is 334 g/mol. The normalized spacial score (nSPS) is 10.2. The molecule has 0 saturated carbocycles. The lowest BCUT2D eigenvalue weighted by atomic mass is 10.1. The van der Waals surface area contributed by atoms with Gasteiger partial charge in [0.25, 0.3) is 5.91 Å². The SMILES string of the molecule is CCOC(=O)c1n[nH]nc1-c1ccc(OCC(N)=O)c(OCC)c1. The molecule has 128 valence electrons. The van der Waals surface area contributed by atoms with E-state index in [-0.39, 0.29) is 18.9 Å². The van der Waals surface area contributed by atoms with Gasteiger partial charge in [-0.15, -0.1) is 5.10 Å². The zero-order chi connectivity index (χ0) is 17.5. The Hall–Kier alpha value is -3.10. The van der Waals surface area contributed by atoms with E-state index in [9.17, 15) is 9.59 Å². The van der Waals surface area contributed by atoms with E-state index >= 15 is 0 Å². The highest BCUT2D eigenvalue weighted by molar-refractivity contribution is 5.94. The summed E-state index contributed by atoms with van der Waals surface area (Å²) in [5.74, 6) is -0.412. The van der Waals surface area contributed by atoms with Crippen LogP contribution in [0.5, 0.6) is 11.5 Å². The van der Waals surface area contributed by atoms with Crippen LogP contribution >= 0.6 is 0 Å². The number of aromatic nitrogens is 3. The van der Waals surface area contributed by atoms with E-state index in [1.165, 1.54) is 0 Å². The standard InChI is InChI=1S/C15H18N4O5/c1-3-22-11-7-9(5-6-10(11)24-8-12(16)20)13-14(18-19-17-13)15(21)23-4-2/h5-7H,3-4,8H2,1-2H3,(H2,16,20)(H,17,18,19). The number of esters is 1. The van der Waals surface area contributed by atoms with E-state index < -0.39 is 11.9 Å². The van der Waals surface area contributed by atoms with E-state index in [0.29, 0.717) is 29.4 Å². The molecule has 1 aromatic heterocycles. The molecule has 2 aromatic rings. The summed E-state index contributed by atoms with van der Waals surface area (Å²) in [6.07, 6.45) is 0. The van der Waals surface area contributed by atoms with Gasteiger partial charge in [-0.2, -0.15) is 10.3 Å². The first-order valence-electron chi connectivity index (χ1n) is 7.33. The summed E-state index contributed by atoms with van der Waals surface area (Å²) in [7, 11) is 0. The second-order valence-corrected chi connectivity index (χ2v) is 4.59. The molecule has 0 radical (unpaired) electrons. The Morgan fingerprint density at radius 1 is 1.12 bits per heavy atom. The molecular weight excluding hydrogens is 316 g/mol. The number of rotatable bonds is 8. The summed E-state index contributed by atoms with van der Waals surface area (Å²) in [6, 6.07) is 4.91. The summed E-state index contributed by atoms with van der Waals surface area (Å²) in [6.45, 7) is 3.87. The third-order valence-corrected chi connectivity index (χ3v) is 2.90. The molecule has 1 heterocycles. The number of hydrogen-bond acceptors (Lipinski definition) is 7. The molecule has 2 rings (SSSR count). The van der Waals surface area contributed by atoms with Crippen molar-refractivity contribution in [3.8, 4) is 22.8 Å². The van der Waals surface area contributed by atoms with Crippen LogP contribution in [-0.2, 0) is 9.53 Å². The lowest BCUT2D eigenvalue weighted by molar-refractivity contribution is -0.119. The van der Waals surface area contributed by atoms with Gasteiger partial charge in [-0.1, -0.05) is 0 Å². The van der Waals surface area contributed by atoms with Crippen molar-refractivity contribution in [2.45, 2.75) is 13.8 Å². The Morgan fingerprint density at radius 3 is 2.58 bits per heavy atom. The monoisotopic (exact) mass is 334 g/mol. The zero-order valence-electron chi connectivity index (χ0n) is 13.4. The minimum atomic E-state index is -0.595. The van der Waals surface area contributed by atoms with Crippen molar-refractivity contribution in [3.05, 3.63) is 23.9 Å². The minimum Gasteiger partial charge on any atom is -0.490 e. The van der Waals surface area contributed by atoms with Crippen molar-refractivity contribution < 1.29 is 23.8 Å². The molecule has 0 aliphatic rings. The van der Waals surface area contributed by atoms with Crippen LogP contribution < -0.4 is 15.2 Å². The van der Waals surface area contributed by atoms with Crippen molar-refractivity contribution in [3.63, 3.8) is 0 Å². The fourth-order valence-corrected chi connectivity index (χ4v) is 1.97. The van der Waals surface area contributed by atoms with Gasteiger partial charge in [0.2, 0.25) is 0 Å². The summed E-state index contributed by atoms with van der Waals surface area (Å²) in [5, 5.41) is 10.2. The Balaban J connectivity index is 2.35. The van der Waals surface area contributed by atoms with Gasteiger partial charge in [-0.3, -0.25) is 4.79 Å². The molecule has 1 aromatic carbocycles. The van der Waals surface area contributed by atoms with Crippen LogP contribution in [0.2, 0.25) is 0 Å². The first kappa shape index (κ1) is 17.3. The maximum atomic E-state index is 11.9. The molecule has 1 amide bonds. The topological polar surface area (TPSA) is 129 Å². The van der Waals surface area contributed by atoms with Gasteiger partial charge < -0.3 is 19.9 Å². The summed E-state index contributed by atoms with van der Waals surface area (Å²) in [5.41, 5.74) is 6.06. The number of carbonyl (C=O) groups excluding carboxylic acids is 2. The Kier molecular flexibility index (Phi) is 5.72. The van der Waals surface area contributed by atoms with Crippen molar-refractivity contribution in [1.29, 1.82) is 0 Å². The van der Waals surface area contributed by atoms with Crippen LogP contribution in [0.3, 0.4) is 0 Å². The van der Waals surface area contributed by atoms with Gasteiger partial charge in [-0.25, -0.2) is 4.79 Å². The summed E-state index contributed by atoms with van der Waals surface area (Å²) >= 11 is 0. The second kappa shape index (κ2) is 7.95. The Morgan fingerprint density at radius 2 is 1.92 bits per heavy atom. The number of aromatic amines is 1. The maximum absolute atomic E-state index is 11.9. The van der Waals surface area contributed by atoms with Crippen molar-refractivity contribution >= 4 is 11.9 Å². The first-order chi connectivity index (χ1) is 11.6. The van der Waals surface area contributed by atoms with Gasteiger partial charge >= 0.3 is 5.97 Å². The van der Waals surface area contributed by atoms with Crippen molar-refractivity contribution in [1.82, 2.24) is 15.4 Å². The number of nitrogens with one attached hydrogen (secondary N) is 1. The van der Waals surface area contributed by atoms with Crippen molar-refractivity contribution in [2.24, 2.45) is 5.73 Å². The minimum absolute atomic E-state index is 0.0742. The fraction of sp³-hybridized carbons (Fsp3) is 0.333. The van der Waals surface area contributed by atoms with Crippen LogP contribution in [0.15, 0.2) is 18.2 Å². The van der Waals surface area contributed by atoms with Gasteiger partial charge in [0.1, 0.15) is 5.69 Å². The van der Waals surface area contributed by atoms with Crippen LogP contribution in [-0.4, -0.2) is 47.1 Å². The highest BCUT2D eigenvalue weighted by Crippen LogP contribution is 2.33. The summed E-state index contributed by atoms with van der Waals surface area (Å²) < 4.78 is 15.8. The number of carbonyl (C=O) groups is 2. The highest BCUT2D eigenvalue weighted by Gasteiger charge is 2.20. The van der Waals surface area contributed by atoms with Gasteiger partial charge in [0, 0.05) is 5.56 Å². The molecule has 3 N–H and O–H groups in total. The van der Waals surface area contributed by atoms with E-state index in [0.717, 1.165) is 0 Å². The molecule has 0 saturated heterocycles. The van der Waals surface area contributed by atoms with Gasteiger partial charge in [0.15, 0.2) is 23.8 Å². The number of nitrogens with zero attached hydrogens (tertiary/aromatic N) is 2. The number of benzene rings is 1. The Labute approximate surface area is 138 Å². The molecule has 9 nitrogen and oxygen atoms in total. The van der Waals surface area contributed by atoms with Gasteiger partial charge in [-0.05, 0) is 32.0 Å². The lowest BCUT2D eigenvalue weighted by Crippen LogP contribution is -2.20. The molecule has 0 spiro atoms. The number of hydrogen-bond donors (Lipinski definition) is 2. The lowest BCUT2D eigenvalue weighted by Gasteiger charge is -2.12. The van der Waals surface area contributed by atoms with E-state index in [1.54, 1.807) is 25.1 Å². The molecule has 0 aliphatic heterocycles. The van der Waals surface area contributed by atoms with Crippen LogP contribution in [0.1, 0.15) is 24.3 Å². The second-order valence-electron chi connectivity index (χ2n) is 4.59. The van der Waals surface area contributed by atoms with Crippen LogP contribution in [0.25, 0.3) is 11.3 Å². The molecule has 24 heavy (non-hydrogen) atoms. The largest absolute Gasteiger partial charge is 0.490 e. The predicted octanol–water partition coefficient (Wildman–Crippen LogP) is 0.911. The molecular formula is C15H18N4O5. The van der Waals surface area contributed by atoms with Crippen molar-refractivity contribution in [2.75, 3.05) is 19.8 Å². The van der Waals surface area contributed by atoms with Crippen LogP contribution in [0.4, 0.5) is 0 Å². The highest BCUT2D eigenvalue weighted by atomic mass is 16.5. The number of H-pyrrole nitrogens is 1. The molecule has 0 bridgehead atoms. The quantitative estimate of drug-likeness (QED) is 0.686. The molecule has 0 unspecified atom stereocenters.